The maximum atomic E-state index is 12.2. The molecule has 4 nitrogen and oxygen atoms in total. The zero-order chi connectivity index (χ0) is 16.4. The Kier molecular flexibility index (Phi) is 5.61. The van der Waals surface area contributed by atoms with E-state index in [1.54, 1.807) is 11.8 Å². The first-order valence-corrected chi connectivity index (χ1v) is 9.10. The van der Waals surface area contributed by atoms with Gasteiger partial charge in [-0.3, -0.25) is 9.69 Å². The van der Waals surface area contributed by atoms with Crippen LogP contribution in [0.2, 0.25) is 0 Å². The summed E-state index contributed by atoms with van der Waals surface area (Å²) >= 11 is 1.67. The Balaban J connectivity index is 2.08. The third kappa shape index (κ3) is 3.69. The van der Waals surface area contributed by atoms with Crippen molar-refractivity contribution in [3.8, 4) is 0 Å². The van der Waals surface area contributed by atoms with Gasteiger partial charge in [-0.05, 0) is 53.2 Å². The number of rotatable bonds is 6. The fourth-order valence-electron chi connectivity index (χ4n) is 2.99. The average molecular weight is 324 g/mol. The summed E-state index contributed by atoms with van der Waals surface area (Å²) in [7, 11) is 0. The predicted octanol–water partition coefficient (Wildman–Crippen LogP) is 3.59. The highest BCUT2D eigenvalue weighted by molar-refractivity contribution is 8.00. The van der Waals surface area contributed by atoms with E-state index in [9.17, 15) is 4.79 Å². The van der Waals surface area contributed by atoms with Crippen molar-refractivity contribution in [3.05, 3.63) is 23.2 Å². The van der Waals surface area contributed by atoms with E-state index in [4.69, 9.17) is 4.42 Å². The Labute approximate surface area is 138 Å². The Morgan fingerprint density at radius 3 is 2.45 bits per heavy atom. The van der Waals surface area contributed by atoms with Crippen LogP contribution >= 0.6 is 11.8 Å². The molecule has 0 radical (unpaired) electrons. The van der Waals surface area contributed by atoms with Crippen molar-refractivity contribution in [2.24, 2.45) is 0 Å². The van der Waals surface area contributed by atoms with E-state index < -0.39 is 0 Å². The first-order chi connectivity index (χ1) is 10.3. The van der Waals surface area contributed by atoms with Crippen molar-refractivity contribution in [2.75, 3.05) is 18.8 Å². The predicted molar refractivity (Wildman–Crippen MR) is 92.1 cm³/mol. The van der Waals surface area contributed by atoms with Crippen LogP contribution in [0.4, 0.5) is 0 Å². The number of hydrogen-bond donors (Lipinski definition) is 0. The smallest absolute Gasteiger partial charge is 0.233 e. The molecule has 1 fully saturated rings. The molecule has 1 amide bonds. The maximum Gasteiger partial charge on any atom is 0.233 e. The van der Waals surface area contributed by atoms with Crippen LogP contribution in [-0.2, 0) is 4.79 Å². The van der Waals surface area contributed by atoms with E-state index in [1.165, 1.54) is 0 Å². The zero-order valence-corrected chi connectivity index (χ0v) is 15.4. The minimum atomic E-state index is 0.0288. The summed E-state index contributed by atoms with van der Waals surface area (Å²) in [5.41, 5.74) is 1.15. The molecule has 5 heteroatoms. The minimum Gasteiger partial charge on any atom is -0.463 e. The molecule has 1 aliphatic heterocycles. The van der Waals surface area contributed by atoms with E-state index in [2.05, 4.69) is 38.7 Å². The highest BCUT2D eigenvalue weighted by Crippen LogP contribution is 2.39. The molecule has 2 heterocycles. The Morgan fingerprint density at radius 1 is 1.32 bits per heavy atom. The second-order valence-corrected chi connectivity index (χ2v) is 7.63. The van der Waals surface area contributed by atoms with E-state index in [0.717, 1.165) is 30.2 Å². The van der Waals surface area contributed by atoms with Gasteiger partial charge in [-0.25, -0.2) is 0 Å². The molecule has 1 aromatic heterocycles. The molecular weight excluding hydrogens is 296 g/mol. The summed E-state index contributed by atoms with van der Waals surface area (Å²) in [6, 6.07) is 3.04. The summed E-state index contributed by atoms with van der Waals surface area (Å²) in [5, 5.41) is 0.0288. The van der Waals surface area contributed by atoms with Gasteiger partial charge in [-0.1, -0.05) is 0 Å². The van der Waals surface area contributed by atoms with Crippen LogP contribution in [0.5, 0.6) is 0 Å². The van der Waals surface area contributed by atoms with Gasteiger partial charge in [-0.2, -0.15) is 0 Å². The number of furan rings is 1. The molecule has 1 aliphatic rings. The Hall–Kier alpha value is -0.940. The molecule has 0 bridgehead atoms. The molecule has 0 aliphatic carbocycles. The fourth-order valence-corrected chi connectivity index (χ4v) is 4.14. The van der Waals surface area contributed by atoms with Gasteiger partial charge < -0.3 is 9.32 Å². The molecular formula is C17H28N2O2S. The van der Waals surface area contributed by atoms with Gasteiger partial charge in [0.25, 0.3) is 0 Å². The Morgan fingerprint density at radius 2 is 1.95 bits per heavy atom. The molecule has 22 heavy (non-hydrogen) atoms. The van der Waals surface area contributed by atoms with Gasteiger partial charge in [0.1, 0.15) is 16.9 Å². The first kappa shape index (κ1) is 17.4. The second-order valence-electron chi connectivity index (χ2n) is 6.56. The number of carbonyl (C=O) groups excluding carboxylic acids is 1. The zero-order valence-electron chi connectivity index (χ0n) is 14.5. The molecule has 124 valence electrons. The fraction of sp³-hybridized carbons (Fsp3) is 0.706. The van der Waals surface area contributed by atoms with Crippen molar-refractivity contribution in [1.82, 2.24) is 9.80 Å². The third-order valence-corrected chi connectivity index (χ3v) is 5.54. The summed E-state index contributed by atoms with van der Waals surface area (Å²) in [6.45, 7) is 14.5. The van der Waals surface area contributed by atoms with Crippen LogP contribution in [0.15, 0.2) is 10.5 Å². The van der Waals surface area contributed by atoms with Crippen molar-refractivity contribution >= 4 is 17.7 Å². The number of amides is 1. The van der Waals surface area contributed by atoms with Gasteiger partial charge in [0.2, 0.25) is 5.91 Å². The third-order valence-electron chi connectivity index (χ3n) is 4.32. The van der Waals surface area contributed by atoms with E-state index in [-0.39, 0.29) is 11.3 Å². The SMILES string of the molecule is Cc1cc(C2SCC(=O)N2CCN(C(C)C)C(C)C)oc1C. The second kappa shape index (κ2) is 7.09. The number of hydrogen-bond acceptors (Lipinski definition) is 4. The molecule has 0 aromatic carbocycles. The minimum absolute atomic E-state index is 0.0288. The van der Waals surface area contributed by atoms with Crippen LogP contribution in [0.25, 0.3) is 0 Å². The van der Waals surface area contributed by atoms with Crippen molar-refractivity contribution in [3.63, 3.8) is 0 Å². The molecule has 0 spiro atoms. The summed E-state index contributed by atoms with van der Waals surface area (Å²) in [5.74, 6) is 2.62. The lowest BCUT2D eigenvalue weighted by molar-refractivity contribution is -0.128. The van der Waals surface area contributed by atoms with Crippen LogP contribution < -0.4 is 0 Å². The topological polar surface area (TPSA) is 36.7 Å². The van der Waals surface area contributed by atoms with E-state index in [0.29, 0.717) is 17.8 Å². The maximum absolute atomic E-state index is 12.2. The van der Waals surface area contributed by atoms with Crippen molar-refractivity contribution in [1.29, 1.82) is 0 Å². The van der Waals surface area contributed by atoms with Gasteiger partial charge in [0.05, 0.1) is 5.75 Å². The molecule has 1 saturated heterocycles. The van der Waals surface area contributed by atoms with Gasteiger partial charge >= 0.3 is 0 Å². The Bertz CT molecular complexity index is 497. The van der Waals surface area contributed by atoms with Crippen LogP contribution in [-0.4, -0.2) is 46.6 Å². The summed E-state index contributed by atoms with van der Waals surface area (Å²) < 4.78 is 5.85. The molecule has 2 rings (SSSR count). The molecule has 1 atom stereocenters. The normalized spacial score (nSPS) is 19.2. The monoisotopic (exact) mass is 324 g/mol. The highest BCUT2D eigenvalue weighted by atomic mass is 32.2. The molecule has 0 N–H and O–H groups in total. The number of aryl methyl sites for hydroxylation is 2. The van der Waals surface area contributed by atoms with E-state index in [1.807, 2.05) is 18.7 Å². The van der Waals surface area contributed by atoms with Crippen LogP contribution in [0, 0.1) is 13.8 Å². The largest absolute Gasteiger partial charge is 0.463 e. The quantitative estimate of drug-likeness (QED) is 0.801. The highest BCUT2D eigenvalue weighted by Gasteiger charge is 2.35. The summed E-state index contributed by atoms with van der Waals surface area (Å²) in [6.07, 6.45) is 0. The van der Waals surface area contributed by atoms with Gasteiger partial charge in [0, 0.05) is 25.2 Å². The lowest BCUT2D eigenvalue weighted by atomic mass is 10.2. The number of nitrogens with zero attached hydrogens (tertiary/aromatic N) is 2. The van der Waals surface area contributed by atoms with Crippen molar-refractivity contribution < 1.29 is 9.21 Å². The molecule has 0 saturated carbocycles. The molecule has 1 aromatic rings. The van der Waals surface area contributed by atoms with Gasteiger partial charge in [0.15, 0.2) is 0 Å². The first-order valence-electron chi connectivity index (χ1n) is 8.05. The summed E-state index contributed by atoms with van der Waals surface area (Å²) in [4.78, 5) is 16.6. The lowest BCUT2D eigenvalue weighted by Crippen LogP contribution is -2.43. The number of carbonyl (C=O) groups is 1. The van der Waals surface area contributed by atoms with Crippen LogP contribution in [0.3, 0.4) is 0 Å². The standard InChI is InChI=1S/C17H28N2O2S/c1-11(2)18(12(3)4)7-8-19-16(20)10-22-17(19)15-9-13(5)14(6)21-15/h9,11-12,17H,7-8,10H2,1-6H3. The van der Waals surface area contributed by atoms with Crippen LogP contribution in [0.1, 0.15) is 50.2 Å². The van der Waals surface area contributed by atoms with E-state index >= 15 is 0 Å². The van der Waals surface area contributed by atoms with Gasteiger partial charge in [-0.15, -0.1) is 11.8 Å². The molecule has 1 unspecified atom stereocenters. The lowest BCUT2D eigenvalue weighted by Gasteiger charge is -2.33. The van der Waals surface area contributed by atoms with Crippen molar-refractivity contribution in [2.45, 2.75) is 59.0 Å². The average Bonchev–Trinajstić information content (AvgIpc) is 2.93. The number of thioether (sulfide) groups is 1.